The van der Waals surface area contributed by atoms with Crippen LogP contribution in [0.1, 0.15) is 17.7 Å². The number of hydrogen-bond acceptors (Lipinski definition) is 6. The highest BCUT2D eigenvalue weighted by molar-refractivity contribution is 6.33. The fraction of sp³-hybridized carbons (Fsp3) is 0.263. The summed E-state index contributed by atoms with van der Waals surface area (Å²) < 4.78 is 7.13. The molecular formula is C19H19Cl2N7O2. The summed E-state index contributed by atoms with van der Waals surface area (Å²) in [5.41, 5.74) is 9.56. The highest BCUT2D eigenvalue weighted by Gasteiger charge is 2.18. The number of aryl methyl sites for hydroxylation is 2. The first-order valence-corrected chi connectivity index (χ1v) is 9.94. The van der Waals surface area contributed by atoms with Crippen LogP contribution in [-0.2, 0) is 11.8 Å². The normalized spacial score (nSPS) is 13.8. The monoisotopic (exact) mass is 447 g/mol. The Morgan fingerprint density at radius 2 is 1.97 bits per heavy atom. The molecule has 30 heavy (non-hydrogen) atoms. The lowest BCUT2D eigenvalue weighted by Gasteiger charge is -2.13. The van der Waals surface area contributed by atoms with Gasteiger partial charge in [0.25, 0.3) is 0 Å². The number of ether oxygens (including phenoxy) is 1. The van der Waals surface area contributed by atoms with Gasteiger partial charge in [-0.05, 0) is 42.7 Å². The van der Waals surface area contributed by atoms with Gasteiger partial charge in [-0.1, -0.05) is 29.3 Å². The second-order valence-corrected chi connectivity index (χ2v) is 7.53. The summed E-state index contributed by atoms with van der Waals surface area (Å²) in [7, 11) is 1.85. The Kier molecular flexibility index (Phi) is 5.76. The van der Waals surface area contributed by atoms with Crippen molar-refractivity contribution in [3.63, 3.8) is 0 Å². The van der Waals surface area contributed by atoms with Gasteiger partial charge in [-0.2, -0.15) is 5.10 Å². The Labute approximate surface area is 182 Å². The van der Waals surface area contributed by atoms with Crippen molar-refractivity contribution in [2.24, 2.45) is 7.05 Å². The minimum Gasteiger partial charge on any atom is -0.377 e. The van der Waals surface area contributed by atoms with Crippen LogP contribution >= 0.6 is 23.2 Å². The molecule has 1 aliphatic rings. The van der Waals surface area contributed by atoms with Gasteiger partial charge in [-0.15, -0.1) is 0 Å². The average molecular weight is 448 g/mol. The van der Waals surface area contributed by atoms with Crippen LogP contribution in [-0.4, -0.2) is 39.0 Å². The second-order valence-electron chi connectivity index (χ2n) is 6.75. The Morgan fingerprint density at radius 1 is 1.20 bits per heavy atom. The van der Waals surface area contributed by atoms with Gasteiger partial charge < -0.3 is 10.1 Å². The summed E-state index contributed by atoms with van der Waals surface area (Å²) in [6.07, 6.45) is 2.87. The number of carbonyl (C=O) groups excluding carboxylic acids is 1. The summed E-state index contributed by atoms with van der Waals surface area (Å²) >= 11 is 11.7. The van der Waals surface area contributed by atoms with E-state index in [0.717, 1.165) is 34.3 Å². The first kappa shape index (κ1) is 20.4. The number of urea groups is 1. The number of carbonyl (C=O) groups is 1. The van der Waals surface area contributed by atoms with Crippen molar-refractivity contribution in [1.82, 2.24) is 25.2 Å². The Bertz CT molecular complexity index is 1140. The number of nitrogens with zero attached hydrogens (tertiary/aromatic N) is 4. The first-order valence-electron chi connectivity index (χ1n) is 9.18. The quantitative estimate of drug-likeness (QED) is 0.413. The number of hydrogen-bond donors (Lipinski definition) is 3. The minimum absolute atomic E-state index is 0.181. The van der Waals surface area contributed by atoms with E-state index in [9.17, 15) is 4.79 Å². The SMILES string of the molecule is Cc1cc(NNC(=O)Nc2cc(Cl)nc(Cl)c2)nc2c1c(C1=CCOCC1)nn2C. The third kappa shape index (κ3) is 4.33. The lowest BCUT2D eigenvalue weighted by molar-refractivity contribution is 0.161. The lowest BCUT2D eigenvalue weighted by atomic mass is 10.0. The van der Waals surface area contributed by atoms with E-state index in [1.807, 2.05) is 20.0 Å². The highest BCUT2D eigenvalue weighted by Crippen LogP contribution is 2.30. The molecule has 0 fully saturated rings. The molecule has 1 aliphatic heterocycles. The van der Waals surface area contributed by atoms with Gasteiger partial charge in [0.15, 0.2) is 5.65 Å². The third-order valence-corrected chi connectivity index (χ3v) is 4.97. The van der Waals surface area contributed by atoms with Gasteiger partial charge >= 0.3 is 6.03 Å². The zero-order valence-electron chi connectivity index (χ0n) is 16.3. The van der Waals surface area contributed by atoms with E-state index in [1.54, 1.807) is 4.68 Å². The van der Waals surface area contributed by atoms with E-state index >= 15 is 0 Å². The summed E-state index contributed by atoms with van der Waals surface area (Å²) in [5.74, 6) is 0.483. The number of fused-ring (bicyclic) bond motifs is 1. The minimum atomic E-state index is -0.508. The summed E-state index contributed by atoms with van der Waals surface area (Å²) in [6, 6.07) is 4.33. The van der Waals surface area contributed by atoms with Gasteiger partial charge in [0.2, 0.25) is 0 Å². The summed E-state index contributed by atoms with van der Waals surface area (Å²) in [5, 5.41) is 8.62. The fourth-order valence-electron chi connectivity index (χ4n) is 3.28. The zero-order valence-corrected chi connectivity index (χ0v) is 17.8. The van der Waals surface area contributed by atoms with Crippen molar-refractivity contribution in [3.05, 3.63) is 45.8 Å². The van der Waals surface area contributed by atoms with Crippen molar-refractivity contribution in [3.8, 4) is 0 Å². The van der Waals surface area contributed by atoms with E-state index in [0.29, 0.717) is 24.7 Å². The van der Waals surface area contributed by atoms with Crippen LogP contribution in [0.2, 0.25) is 10.3 Å². The molecule has 0 aliphatic carbocycles. The molecule has 0 aromatic carbocycles. The maximum absolute atomic E-state index is 12.2. The Hall–Kier alpha value is -2.88. The van der Waals surface area contributed by atoms with Crippen LogP contribution in [0.5, 0.6) is 0 Å². The zero-order chi connectivity index (χ0) is 21.3. The molecule has 3 aromatic rings. The van der Waals surface area contributed by atoms with Crippen LogP contribution < -0.4 is 16.2 Å². The molecule has 11 heteroatoms. The van der Waals surface area contributed by atoms with Crippen LogP contribution in [0.3, 0.4) is 0 Å². The first-order chi connectivity index (χ1) is 14.4. The molecule has 0 bridgehead atoms. The topological polar surface area (TPSA) is 106 Å². The number of pyridine rings is 2. The fourth-order valence-corrected chi connectivity index (χ4v) is 3.74. The number of halogens is 2. The van der Waals surface area contributed by atoms with Gasteiger partial charge in [-0.3, -0.25) is 10.9 Å². The number of aromatic nitrogens is 4. The molecule has 4 heterocycles. The van der Waals surface area contributed by atoms with Crippen molar-refractivity contribution >= 4 is 57.3 Å². The Morgan fingerprint density at radius 3 is 2.67 bits per heavy atom. The number of amides is 2. The van der Waals surface area contributed by atoms with Crippen molar-refractivity contribution < 1.29 is 9.53 Å². The average Bonchev–Trinajstić information content (AvgIpc) is 3.03. The van der Waals surface area contributed by atoms with E-state index < -0.39 is 6.03 Å². The van der Waals surface area contributed by atoms with E-state index in [2.05, 4.69) is 37.3 Å². The smallest absolute Gasteiger partial charge is 0.337 e. The molecule has 2 amide bonds. The Balaban J connectivity index is 1.51. The molecule has 0 radical (unpaired) electrons. The van der Waals surface area contributed by atoms with Crippen molar-refractivity contribution in [1.29, 1.82) is 0 Å². The molecule has 156 valence electrons. The predicted molar refractivity (Wildman–Crippen MR) is 117 cm³/mol. The van der Waals surface area contributed by atoms with E-state index in [-0.39, 0.29) is 10.3 Å². The van der Waals surface area contributed by atoms with Gasteiger partial charge in [0.1, 0.15) is 16.1 Å². The maximum Gasteiger partial charge on any atom is 0.337 e. The lowest BCUT2D eigenvalue weighted by Crippen LogP contribution is -2.34. The molecule has 0 spiro atoms. The number of anilines is 2. The largest absolute Gasteiger partial charge is 0.377 e. The number of rotatable bonds is 4. The van der Waals surface area contributed by atoms with Gasteiger partial charge in [0, 0.05) is 18.1 Å². The molecule has 3 N–H and O–H groups in total. The standard InChI is InChI=1S/C19H19Cl2N7O2/c1-10-7-15(25-26-19(29)22-12-8-13(20)23-14(21)9-12)24-18-16(10)17(27-28(18)2)11-3-5-30-6-4-11/h3,7-9H,4-6H2,1-2H3,(H,24,25)(H2,22,23,26,29). The van der Waals surface area contributed by atoms with Gasteiger partial charge in [-0.25, -0.2) is 19.4 Å². The molecule has 0 unspecified atom stereocenters. The summed E-state index contributed by atoms with van der Waals surface area (Å²) in [6.45, 7) is 3.26. The maximum atomic E-state index is 12.2. The summed E-state index contributed by atoms with van der Waals surface area (Å²) in [4.78, 5) is 20.6. The van der Waals surface area contributed by atoms with Crippen molar-refractivity contribution in [2.45, 2.75) is 13.3 Å². The van der Waals surface area contributed by atoms with Crippen molar-refractivity contribution in [2.75, 3.05) is 24.0 Å². The van der Waals surface area contributed by atoms with E-state index in [1.165, 1.54) is 12.1 Å². The highest BCUT2D eigenvalue weighted by atomic mass is 35.5. The van der Waals surface area contributed by atoms with E-state index in [4.69, 9.17) is 27.9 Å². The number of hydrazine groups is 1. The predicted octanol–water partition coefficient (Wildman–Crippen LogP) is 3.93. The third-order valence-electron chi connectivity index (χ3n) is 4.58. The molecule has 0 atom stereocenters. The van der Waals surface area contributed by atoms with Crippen LogP contribution in [0, 0.1) is 6.92 Å². The molecule has 9 nitrogen and oxygen atoms in total. The molecule has 0 saturated heterocycles. The molecule has 0 saturated carbocycles. The van der Waals surface area contributed by atoms with Crippen LogP contribution in [0.15, 0.2) is 24.3 Å². The van der Waals surface area contributed by atoms with Gasteiger partial charge in [0.05, 0.1) is 18.9 Å². The molecular weight excluding hydrogens is 429 g/mol. The van der Waals surface area contributed by atoms with Crippen LogP contribution in [0.25, 0.3) is 16.6 Å². The number of nitrogens with one attached hydrogen (secondary N) is 3. The molecule has 4 rings (SSSR count). The molecule has 3 aromatic heterocycles. The second kappa shape index (κ2) is 8.47. The van der Waals surface area contributed by atoms with Crippen LogP contribution in [0.4, 0.5) is 16.3 Å².